The average molecular weight is 329 g/mol. The number of hydrogen-bond acceptors (Lipinski definition) is 3. The Morgan fingerprint density at radius 1 is 0.840 bits per heavy atom. The van der Waals surface area contributed by atoms with Gasteiger partial charge in [0.15, 0.2) is 0 Å². The maximum atomic E-state index is 13.2. The number of carbonyl (C=O) groups excluding carboxylic acids is 1. The van der Waals surface area contributed by atoms with Crippen LogP contribution < -0.4 is 4.90 Å². The number of aliphatic hydroxyl groups is 1. The summed E-state index contributed by atoms with van der Waals surface area (Å²) in [5.41, 5.74) is 3.05. The van der Waals surface area contributed by atoms with Crippen LogP contribution in [0.1, 0.15) is 27.0 Å². The van der Waals surface area contributed by atoms with Gasteiger partial charge >= 0.3 is 0 Å². The zero-order valence-corrected chi connectivity index (χ0v) is 14.2. The van der Waals surface area contributed by atoms with Crippen molar-refractivity contribution in [2.75, 3.05) is 4.90 Å². The first-order chi connectivity index (χ1) is 12.0. The van der Waals surface area contributed by atoms with Crippen molar-refractivity contribution in [1.29, 1.82) is 0 Å². The summed E-state index contributed by atoms with van der Waals surface area (Å²) < 4.78 is 0. The summed E-state index contributed by atoms with van der Waals surface area (Å²) in [6, 6.07) is 22.6. The van der Waals surface area contributed by atoms with Gasteiger partial charge in [-0.15, -0.1) is 0 Å². The summed E-state index contributed by atoms with van der Waals surface area (Å²) in [5, 5.41) is 11.6. The number of anilines is 2. The molecule has 1 aliphatic rings. The Hall–Kier alpha value is -2.91. The normalized spacial score (nSPS) is 19.2. The van der Waals surface area contributed by atoms with Crippen molar-refractivity contribution < 1.29 is 9.90 Å². The minimum atomic E-state index is -1.74. The van der Waals surface area contributed by atoms with Crippen LogP contribution in [0.5, 0.6) is 0 Å². The van der Waals surface area contributed by atoms with Gasteiger partial charge in [0.2, 0.25) is 11.5 Å². The molecule has 4 rings (SSSR count). The Bertz CT molecular complexity index is 948. The van der Waals surface area contributed by atoms with Crippen LogP contribution in [0.4, 0.5) is 11.4 Å². The van der Waals surface area contributed by atoms with E-state index in [1.807, 2.05) is 68.4 Å². The van der Waals surface area contributed by atoms with Crippen molar-refractivity contribution in [3.05, 3.63) is 95.1 Å². The van der Waals surface area contributed by atoms with E-state index in [4.69, 9.17) is 0 Å². The number of fused-ring (bicyclic) bond motifs is 1. The first kappa shape index (κ1) is 15.6. The molecule has 0 spiro atoms. The van der Waals surface area contributed by atoms with Gasteiger partial charge in [0.1, 0.15) is 0 Å². The zero-order valence-electron chi connectivity index (χ0n) is 14.2. The molecule has 3 heteroatoms. The van der Waals surface area contributed by atoms with Gasteiger partial charge in [-0.05, 0) is 43.7 Å². The highest BCUT2D eigenvalue weighted by Gasteiger charge is 2.52. The third-order valence-corrected chi connectivity index (χ3v) is 4.75. The zero-order chi connectivity index (χ0) is 17.6. The summed E-state index contributed by atoms with van der Waals surface area (Å²) in [6.07, 6.45) is 0. The van der Waals surface area contributed by atoms with Gasteiger partial charge in [-0.3, -0.25) is 4.79 Å². The Morgan fingerprint density at radius 3 is 2.16 bits per heavy atom. The first-order valence-electron chi connectivity index (χ1n) is 8.32. The van der Waals surface area contributed by atoms with Crippen molar-refractivity contribution in [3.8, 4) is 0 Å². The fourth-order valence-electron chi connectivity index (χ4n) is 3.43. The van der Waals surface area contributed by atoms with Crippen molar-refractivity contribution in [2.45, 2.75) is 19.6 Å². The van der Waals surface area contributed by atoms with Gasteiger partial charge < -0.3 is 10.0 Å². The van der Waals surface area contributed by atoms with Crippen molar-refractivity contribution in [2.24, 2.45) is 0 Å². The van der Waals surface area contributed by atoms with E-state index in [1.165, 1.54) is 0 Å². The molecule has 3 nitrogen and oxygen atoms in total. The average Bonchev–Trinajstić information content (AvgIpc) is 2.85. The highest BCUT2D eigenvalue weighted by Crippen LogP contribution is 2.48. The van der Waals surface area contributed by atoms with Gasteiger partial charge in [0, 0.05) is 16.8 Å². The number of ketones is 1. The number of aryl methyl sites for hydroxylation is 2. The summed E-state index contributed by atoms with van der Waals surface area (Å²) in [4.78, 5) is 14.9. The molecular weight excluding hydrogens is 310 g/mol. The molecule has 0 bridgehead atoms. The summed E-state index contributed by atoms with van der Waals surface area (Å²) in [5.74, 6) is -0.297. The number of benzene rings is 3. The molecule has 0 fully saturated rings. The van der Waals surface area contributed by atoms with Crippen LogP contribution in [0.15, 0.2) is 72.8 Å². The van der Waals surface area contributed by atoms with Crippen LogP contribution in [0.3, 0.4) is 0 Å². The van der Waals surface area contributed by atoms with Gasteiger partial charge in [-0.25, -0.2) is 0 Å². The third kappa shape index (κ3) is 2.28. The molecule has 0 amide bonds. The van der Waals surface area contributed by atoms with Crippen LogP contribution in [-0.4, -0.2) is 10.9 Å². The third-order valence-electron chi connectivity index (χ3n) is 4.75. The molecule has 0 saturated heterocycles. The van der Waals surface area contributed by atoms with Crippen LogP contribution in [-0.2, 0) is 5.72 Å². The molecule has 0 aromatic heterocycles. The minimum Gasteiger partial charge on any atom is -0.360 e. The van der Waals surface area contributed by atoms with Crippen LogP contribution in [0.25, 0.3) is 0 Å². The van der Waals surface area contributed by atoms with E-state index in [-0.39, 0.29) is 5.78 Å². The van der Waals surface area contributed by atoms with Crippen molar-refractivity contribution in [1.82, 2.24) is 0 Å². The lowest BCUT2D eigenvalue weighted by Crippen LogP contribution is -2.45. The number of nitrogens with zero attached hydrogens (tertiary/aromatic N) is 1. The molecule has 1 unspecified atom stereocenters. The smallest absolute Gasteiger partial charge is 0.234 e. The summed E-state index contributed by atoms with van der Waals surface area (Å²) >= 11 is 0. The molecule has 3 aromatic rings. The van der Waals surface area contributed by atoms with E-state index in [0.717, 1.165) is 22.5 Å². The second-order valence-corrected chi connectivity index (χ2v) is 6.56. The monoisotopic (exact) mass is 329 g/mol. The topological polar surface area (TPSA) is 40.5 Å². The predicted octanol–water partition coefficient (Wildman–Crippen LogP) is 4.48. The largest absolute Gasteiger partial charge is 0.360 e. The number of rotatable bonds is 2. The molecule has 124 valence electrons. The molecular formula is C22H19NO2. The second kappa shape index (κ2) is 5.57. The van der Waals surface area contributed by atoms with E-state index >= 15 is 0 Å². The summed E-state index contributed by atoms with van der Waals surface area (Å²) in [7, 11) is 0. The molecule has 3 aromatic carbocycles. The minimum absolute atomic E-state index is 0.297. The molecule has 25 heavy (non-hydrogen) atoms. The van der Waals surface area contributed by atoms with Crippen molar-refractivity contribution in [3.63, 3.8) is 0 Å². The molecule has 0 aliphatic carbocycles. The van der Waals surface area contributed by atoms with Gasteiger partial charge in [0.25, 0.3) is 0 Å². The Balaban J connectivity index is 2.00. The Kier molecular flexibility index (Phi) is 3.48. The van der Waals surface area contributed by atoms with Gasteiger partial charge in [-0.1, -0.05) is 54.1 Å². The summed E-state index contributed by atoms with van der Waals surface area (Å²) in [6.45, 7) is 4.00. The van der Waals surface area contributed by atoms with Crippen LogP contribution in [0.2, 0.25) is 0 Å². The van der Waals surface area contributed by atoms with E-state index < -0.39 is 5.72 Å². The number of Topliss-reactive ketones (excluding diaryl/α,β-unsaturated/α-hetero) is 1. The van der Waals surface area contributed by atoms with Gasteiger partial charge in [0.05, 0.1) is 5.69 Å². The Labute approximate surface area is 147 Å². The highest BCUT2D eigenvalue weighted by atomic mass is 16.3. The van der Waals surface area contributed by atoms with Crippen LogP contribution >= 0.6 is 0 Å². The fraction of sp³-hybridized carbons (Fsp3) is 0.136. The Morgan fingerprint density at radius 2 is 1.48 bits per heavy atom. The maximum Gasteiger partial charge on any atom is 0.234 e. The van der Waals surface area contributed by atoms with Crippen molar-refractivity contribution >= 4 is 17.2 Å². The number of carbonyl (C=O) groups is 1. The van der Waals surface area contributed by atoms with Crippen LogP contribution in [0, 0.1) is 13.8 Å². The van der Waals surface area contributed by atoms with E-state index in [9.17, 15) is 9.90 Å². The van der Waals surface area contributed by atoms with E-state index in [2.05, 4.69) is 0 Å². The molecule has 1 aliphatic heterocycles. The molecule has 0 saturated carbocycles. The van der Waals surface area contributed by atoms with E-state index in [0.29, 0.717) is 11.1 Å². The second-order valence-electron chi connectivity index (χ2n) is 6.56. The first-order valence-corrected chi connectivity index (χ1v) is 8.32. The van der Waals surface area contributed by atoms with Gasteiger partial charge in [-0.2, -0.15) is 0 Å². The lowest BCUT2D eigenvalue weighted by atomic mass is 9.96. The van der Waals surface area contributed by atoms with E-state index in [1.54, 1.807) is 23.1 Å². The molecule has 1 atom stereocenters. The quantitative estimate of drug-likeness (QED) is 0.753. The lowest BCUT2D eigenvalue weighted by molar-refractivity contribution is 0.0378. The molecule has 1 N–H and O–H groups in total. The standard InChI is InChI=1S/C22H19NO2/c1-15-8-11-18(12-9-15)23-20-14-16(2)10-13-19(20)21(24)22(23,25)17-6-4-3-5-7-17/h3-14,25H,1-2H3. The molecule has 0 radical (unpaired) electrons. The fourth-order valence-corrected chi connectivity index (χ4v) is 3.43. The SMILES string of the molecule is Cc1ccc(N2c3cc(C)ccc3C(=O)C2(O)c2ccccc2)cc1. The molecule has 1 heterocycles. The number of hydrogen-bond donors (Lipinski definition) is 1. The predicted molar refractivity (Wildman–Crippen MR) is 99.2 cm³/mol. The lowest BCUT2D eigenvalue weighted by Gasteiger charge is -2.34. The highest BCUT2D eigenvalue weighted by molar-refractivity contribution is 6.15. The maximum absolute atomic E-state index is 13.2.